The molecule has 0 aliphatic rings. The first kappa shape index (κ1) is 21.0. The number of esters is 1. The number of benzene rings is 1. The largest absolute Gasteiger partial charge is 0.494 e. The molecule has 0 amide bonds. The summed E-state index contributed by atoms with van der Waals surface area (Å²) < 4.78 is 17.0. The zero-order chi connectivity index (χ0) is 20.8. The first-order chi connectivity index (χ1) is 14.0. The minimum absolute atomic E-state index is 0.159. The zero-order valence-electron chi connectivity index (χ0n) is 16.8. The molecule has 3 aromatic rings. The number of rotatable bonds is 9. The molecule has 0 N–H and O–H groups in total. The van der Waals surface area contributed by atoms with Gasteiger partial charge in [0.05, 0.1) is 24.9 Å². The maximum Gasteiger partial charge on any atom is 0.326 e. The molecule has 0 spiro atoms. The van der Waals surface area contributed by atoms with Crippen LogP contribution in [-0.4, -0.2) is 41.9 Å². The average molecular weight is 416 g/mol. The van der Waals surface area contributed by atoms with Gasteiger partial charge in [0.15, 0.2) is 0 Å². The van der Waals surface area contributed by atoms with Crippen molar-refractivity contribution in [2.45, 2.75) is 27.3 Å². The monoisotopic (exact) mass is 416 g/mol. The molecule has 0 fully saturated rings. The van der Waals surface area contributed by atoms with Crippen LogP contribution in [0.3, 0.4) is 0 Å². The average Bonchev–Trinajstić information content (AvgIpc) is 3.05. The summed E-state index contributed by atoms with van der Waals surface area (Å²) in [5, 5.41) is 0.515. The molecule has 0 bridgehead atoms. The Morgan fingerprint density at radius 1 is 1.14 bits per heavy atom. The van der Waals surface area contributed by atoms with E-state index in [1.807, 2.05) is 45.0 Å². The maximum absolute atomic E-state index is 13.1. The van der Waals surface area contributed by atoms with Crippen molar-refractivity contribution in [2.75, 3.05) is 26.4 Å². The van der Waals surface area contributed by atoms with E-state index in [-0.39, 0.29) is 18.7 Å². The smallest absolute Gasteiger partial charge is 0.326 e. The van der Waals surface area contributed by atoms with Crippen LogP contribution in [0.2, 0.25) is 0 Å². The fraction of sp³-hybridized carbons (Fsp3) is 0.381. The van der Waals surface area contributed by atoms with Crippen LogP contribution in [0, 0.1) is 6.92 Å². The lowest BCUT2D eigenvalue weighted by Crippen LogP contribution is -2.26. The normalized spacial score (nSPS) is 11.0. The van der Waals surface area contributed by atoms with Gasteiger partial charge in [0.2, 0.25) is 0 Å². The number of hydrogen-bond acceptors (Lipinski definition) is 7. The standard InChI is InChI=1S/C21H24N2O5S/c1-4-26-10-11-28-17(24)12-23-13-22-20-19(21(23)25)18(14(3)29-20)15-6-8-16(9-7-15)27-5-2/h6-9,13H,4-5,10-12H2,1-3H3. The number of ether oxygens (including phenoxy) is 3. The second-order valence-electron chi connectivity index (χ2n) is 6.27. The summed E-state index contributed by atoms with van der Waals surface area (Å²) in [5.74, 6) is 0.279. The highest BCUT2D eigenvalue weighted by Gasteiger charge is 2.18. The third-order valence-corrected chi connectivity index (χ3v) is 5.32. The van der Waals surface area contributed by atoms with E-state index < -0.39 is 5.97 Å². The number of nitrogens with zero attached hydrogens (tertiary/aromatic N) is 2. The molecule has 8 heteroatoms. The van der Waals surface area contributed by atoms with E-state index in [0.29, 0.717) is 30.0 Å². The van der Waals surface area contributed by atoms with Crippen LogP contribution in [0.4, 0.5) is 0 Å². The molecule has 0 aliphatic carbocycles. The minimum atomic E-state index is -0.498. The Morgan fingerprint density at radius 3 is 2.59 bits per heavy atom. The highest BCUT2D eigenvalue weighted by atomic mass is 32.1. The van der Waals surface area contributed by atoms with Gasteiger partial charge in [-0.15, -0.1) is 11.3 Å². The Kier molecular flexibility index (Phi) is 7.00. The van der Waals surface area contributed by atoms with E-state index in [4.69, 9.17) is 14.2 Å². The summed E-state index contributed by atoms with van der Waals surface area (Å²) >= 11 is 1.46. The van der Waals surface area contributed by atoms with Crippen LogP contribution in [0.25, 0.3) is 21.3 Å². The third-order valence-electron chi connectivity index (χ3n) is 4.30. The lowest BCUT2D eigenvalue weighted by atomic mass is 10.0. The Balaban J connectivity index is 1.90. The minimum Gasteiger partial charge on any atom is -0.494 e. The molecule has 0 radical (unpaired) electrons. The maximum atomic E-state index is 13.1. The van der Waals surface area contributed by atoms with Crippen molar-refractivity contribution in [3.63, 3.8) is 0 Å². The number of carbonyl (C=O) groups excluding carboxylic acids is 1. The molecule has 1 aromatic carbocycles. The van der Waals surface area contributed by atoms with Crippen molar-refractivity contribution in [1.82, 2.24) is 9.55 Å². The third kappa shape index (κ3) is 4.83. The Hall–Kier alpha value is -2.71. The number of thiophene rings is 1. The van der Waals surface area contributed by atoms with Crippen LogP contribution in [0.1, 0.15) is 18.7 Å². The number of aromatic nitrogens is 2. The Labute approximate surface area is 172 Å². The lowest BCUT2D eigenvalue weighted by molar-refractivity contribution is -0.145. The van der Waals surface area contributed by atoms with E-state index >= 15 is 0 Å². The van der Waals surface area contributed by atoms with Crippen molar-refractivity contribution in [3.8, 4) is 16.9 Å². The van der Waals surface area contributed by atoms with Gasteiger partial charge in [-0.25, -0.2) is 4.98 Å². The Morgan fingerprint density at radius 2 is 1.90 bits per heavy atom. The van der Waals surface area contributed by atoms with Crippen molar-refractivity contribution in [1.29, 1.82) is 0 Å². The number of fused-ring (bicyclic) bond motifs is 1. The van der Waals surface area contributed by atoms with E-state index in [1.54, 1.807) is 0 Å². The molecule has 29 heavy (non-hydrogen) atoms. The predicted molar refractivity (Wildman–Crippen MR) is 113 cm³/mol. The van der Waals surface area contributed by atoms with Crippen molar-refractivity contribution >= 4 is 27.5 Å². The molecule has 154 valence electrons. The van der Waals surface area contributed by atoms with Gasteiger partial charge in [-0.05, 0) is 38.5 Å². The van der Waals surface area contributed by atoms with E-state index in [0.717, 1.165) is 21.8 Å². The molecule has 0 aliphatic heterocycles. The second kappa shape index (κ2) is 9.67. The van der Waals surface area contributed by atoms with Gasteiger partial charge in [0.1, 0.15) is 23.7 Å². The molecule has 0 atom stereocenters. The molecule has 7 nitrogen and oxygen atoms in total. The van der Waals surface area contributed by atoms with Gasteiger partial charge in [-0.1, -0.05) is 12.1 Å². The first-order valence-electron chi connectivity index (χ1n) is 9.50. The van der Waals surface area contributed by atoms with Crippen LogP contribution >= 0.6 is 11.3 Å². The van der Waals surface area contributed by atoms with E-state index in [9.17, 15) is 9.59 Å². The highest BCUT2D eigenvalue weighted by molar-refractivity contribution is 7.19. The predicted octanol–water partition coefficient (Wildman–Crippen LogP) is 3.41. The van der Waals surface area contributed by atoms with Crippen molar-refractivity contribution in [3.05, 3.63) is 45.8 Å². The van der Waals surface area contributed by atoms with Gasteiger partial charge in [-0.2, -0.15) is 0 Å². The van der Waals surface area contributed by atoms with Gasteiger partial charge < -0.3 is 14.2 Å². The van der Waals surface area contributed by atoms with Crippen molar-refractivity contribution < 1.29 is 19.0 Å². The van der Waals surface area contributed by atoms with Gasteiger partial charge in [-0.3, -0.25) is 14.2 Å². The van der Waals surface area contributed by atoms with Crippen molar-refractivity contribution in [2.24, 2.45) is 0 Å². The highest BCUT2D eigenvalue weighted by Crippen LogP contribution is 2.36. The molecule has 2 heterocycles. The van der Waals surface area contributed by atoms with Gasteiger partial charge in [0.25, 0.3) is 5.56 Å². The van der Waals surface area contributed by atoms with Gasteiger partial charge in [0, 0.05) is 17.0 Å². The first-order valence-corrected chi connectivity index (χ1v) is 10.3. The van der Waals surface area contributed by atoms with Crippen LogP contribution in [-0.2, 0) is 20.8 Å². The van der Waals surface area contributed by atoms with E-state index in [1.165, 1.54) is 22.2 Å². The fourth-order valence-electron chi connectivity index (χ4n) is 3.03. The second-order valence-corrected chi connectivity index (χ2v) is 7.47. The molecule has 0 saturated carbocycles. The summed E-state index contributed by atoms with van der Waals surface area (Å²) in [4.78, 5) is 31.2. The summed E-state index contributed by atoms with van der Waals surface area (Å²) in [5.41, 5.74) is 1.49. The molecular weight excluding hydrogens is 392 g/mol. The summed E-state index contributed by atoms with van der Waals surface area (Å²) in [7, 11) is 0. The zero-order valence-corrected chi connectivity index (χ0v) is 17.6. The molecule has 2 aromatic heterocycles. The van der Waals surface area contributed by atoms with Crippen LogP contribution in [0.15, 0.2) is 35.4 Å². The van der Waals surface area contributed by atoms with Gasteiger partial charge >= 0.3 is 5.97 Å². The quantitative estimate of drug-likeness (QED) is 0.393. The number of carbonyl (C=O) groups is 1. The number of aryl methyl sites for hydroxylation is 1. The van der Waals surface area contributed by atoms with Crippen LogP contribution in [0.5, 0.6) is 5.75 Å². The molecular formula is C21H24N2O5S. The molecule has 3 rings (SSSR count). The van der Waals surface area contributed by atoms with Crippen LogP contribution < -0.4 is 10.3 Å². The molecule has 0 unspecified atom stereocenters. The van der Waals surface area contributed by atoms with E-state index in [2.05, 4.69) is 4.98 Å². The lowest BCUT2D eigenvalue weighted by Gasteiger charge is -2.08. The fourth-order valence-corrected chi connectivity index (χ4v) is 4.03. The SMILES string of the molecule is CCOCCOC(=O)Cn1cnc2sc(C)c(-c3ccc(OCC)cc3)c2c1=O. The Bertz CT molecular complexity index is 1040. The summed E-state index contributed by atoms with van der Waals surface area (Å²) in [6, 6.07) is 7.62. The molecule has 0 saturated heterocycles. The number of hydrogen-bond donors (Lipinski definition) is 0. The summed E-state index contributed by atoms with van der Waals surface area (Å²) in [6.45, 7) is 7.22. The topological polar surface area (TPSA) is 79.7 Å². The summed E-state index contributed by atoms with van der Waals surface area (Å²) in [6.07, 6.45) is 1.40.